The molecule has 3 heteroatoms. The van der Waals surface area contributed by atoms with Crippen LogP contribution in [0.3, 0.4) is 0 Å². The first-order valence-electron chi connectivity index (χ1n) is 6.26. The molecule has 1 aromatic heterocycles. The van der Waals surface area contributed by atoms with Crippen LogP contribution in [0.1, 0.15) is 19.4 Å². The van der Waals surface area contributed by atoms with Crippen molar-refractivity contribution in [1.29, 1.82) is 0 Å². The summed E-state index contributed by atoms with van der Waals surface area (Å²) < 4.78 is 1.88. The number of para-hydroxylation sites is 1. The van der Waals surface area contributed by atoms with Crippen LogP contribution in [0, 0.1) is 0 Å². The van der Waals surface area contributed by atoms with Gasteiger partial charge in [0.2, 0.25) is 0 Å². The van der Waals surface area contributed by atoms with E-state index in [1.807, 2.05) is 47.4 Å². The average molecular weight is 241 g/mol. The van der Waals surface area contributed by atoms with Gasteiger partial charge < -0.3 is 5.32 Å². The standard InChI is InChI=1S/C15H19N3/c1-13(2)16-10-6-7-14-11-17-18(12-14)15-8-4-3-5-9-15/h3-9,11-13,16H,10H2,1-2H3. The molecule has 1 N–H and O–H groups in total. The van der Waals surface area contributed by atoms with E-state index in [1.165, 1.54) is 0 Å². The van der Waals surface area contributed by atoms with Crippen molar-refractivity contribution >= 4 is 6.08 Å². The summed E-state index contributed by atoms with van der Waals surface area (Å²) in [4.78, 5) is 0. The van der Waals surface area contributed by atoms with E-state index in [4.69, 9.17) is 0 Å². The van der Waals surface area contributed by atoms with Gasteiger partial charge in [0, 0.05) is 24.3 Å². The summed E-state index contributed by atoms with van der Waals surface area (Å²) in [6, 6.07) is 10.6. The second-order valence-corrected chi connectivity index (χ2v) is 4.52. The van der Waals surface area contributed by atoms with Gasteiger partial charge in [-0.15, -0.1) is 0 Å². The lowest BCUT2D eigenvalue weighted by Gasteiger charge is -2.02. The van der Waals surface area contributed by atoms with Crippen molar-refractivity contribution in [1.82, 2.24) is 15.1 Å². The normalized spacial score (nSPS) is 11.5. The molecule has 0 fully saturated rings. The highest BCUT2D eigenvalue weighted by atomic mass is 15.3. The van der Waals surface area contributed by atoms with Crippen LogP contribution < -0.4 is 5.32 Å². The minimum Gasteiger partial charge on any atom is -0.311 e. The zero-order chi connectivity index (χ0) is 12.8. The topological polar surface area (TPSA) is 29.9 Å². The molecular weight excluding hydrogens is 222 g/mol. The fraction of sp³-hybridized carbons (Fsp3) is 0.267. The van der Waals surface area contributed by atoms with Crippen LogP contribution in [-0.4, -0.2) is 22.4 Å². The van der Waals surface area contributed by atoms with Gasteiger partial charge in [0.25, 0.3) is 0 Å². The summed E-state index contributed by atoms with van der Waals surface area (Å²) in [5, 5.41) is 7.69. The number of nitrogens with zero attached hydrogens (tertiary/aromatic N) is 2. The minimum atomic E-state index is 0.515. The zero-order valence-electron chi connectivity index (χ0n) is 10.9. The van der Waals surface area contributed by atoms with E-state index in [9.17, 15) is 0 Å². The molecule has 2 aromatic rings. The largest absolute Gasteiger partial charge is 0.311 e. The molecule has 1 aromatic carbocycles. The van der Waals surface area contributed by atoms with Crippen LogP contribution in [0.5, 0.6) is 0 Å². The first-order valence-corrected chi connectivity index (χ1v) is 6.26. The Balaban J connectivity index is 1.98. The molecule has 0 amide bonds. The predicted octanol–water partition coefficient (Wildman–Crippen LogP) is 2.88. The monoisotopic (exact) mass is 241 g/mol. The van der Waals surface area contributed by atoms with Crippen molar-refractivity contribution in [2.45, 2.75) is 19.9 Å². The maximum Gasteiger partial charge on any atom is 0.0645 e. The van der Waals surface area contributed by atoms with E-state index in [0.717, 1.165) is 17.8 Å². The van der Waals surface area contributed by atoms with Gasteiger partial charge in [-0.05, 0) is 12.1 Å². The van der Waals surface area contributed by atoms with E-state index in [2.05, 4.69) is 36.4 Å². The molecule has 94 valence electrons. The second kappa shape index (κ2) is 6.17. The Hall–Kier alpha value is -1.87. The molecule has 0 atom stereocenters. The molecular formula is C15H19N3. The van der Waals surface area contributed by atoms with Gasteiger partial charge in [0.05, 0.1) is 11.9 Å². The number of rotatable bonds is 5. The van der Waals surface area contributed by atoms with Crippen molar-refractivity contribution in [2.24, 2.45) is 0 Å². The molecule has 2 rings (SSSR count). The molecule has 18 heavy (non-hydrogen) atoms. The van der Waals surface area contributed by atoms with Crippen LogP contribution in [0.25, 0.3) is 11.8 Å². The minimum absolute atomic E-state index is 0.515. The van der Waals surface area contributed by atoms with Crippen LogP contribution in [0.2, 0.25) is 0 Å². The van der Waals surface area contributed by atoms with E-state index in [1.54, 1.807) is 0 Å². The third-order valence-corrected chi connectivity index (χ3v) is 2.58. The predicted molar refractivity (Wildman–Crippen MR) is 75.7 cm³/mol. The summed E-state index contributed by atoms with van der Waals surface area (Å²) in [5.41, 5.74) is 2.20. The molecule has 0 aliphatic carbocycles. The van der Waals surface area contributed by atoms with Gasteiger partial charge in [0.15, 0.2) is 0 Å². The lowest BCUT2D eigenvalue weighted by molar-refractivity contribution is 0.633. The van der Waals surface area contributed by atoms with Crippen molar-refractivity contribution in [3.63, 3.8) is 0 Å². The molecule has 0 saturated heterocycles. The Morgan fingerprint density at radius 1 is 1.28 bits per heavy atom. The maximum absolute atomic E-state index is 4.35. The highest BCUT2D eigenvalue weighted by Crippen LogP contribution is 2.08. The van der Waals surface area contributed by atoms with E-state index >= 15 is 0 Å². The van der Waals surface area contributed by atoms with Gasteiger partial charge in [-0.2, -0.15) is 5.10 Å². The quantitative estimate of drug-likeness (QED) is 0.872. The smallest absolute Gasteiger partial charge is 0.0645 e. The van der Waals surface area contributed by atoms with E-state index in [-0.39, 0.29) is 0 Å². The fourth-order valence-electron chi connectivity index (χ4n) is 1.64. The SMILES string of the molecule is CC(C)NCC=Cc1cnn(-c2ccccc2)c1. The lowest BCUT2D eigenvalue weighted by atomic mass is 10.3. The number of aromatic nitrogens is 2. The Morgan fingerprint density at radius 2 is 2.06 bits per heavy atom. The summed E-state index contributed by atoms with van der Waals surface area (Å²) in [6.07, 6.45) is 8.11. The molecule has 0 bridgehead atoms. The van der Waals surface area contributed by atoms with Crippen LogP contribution in [0.15, 0.2) is 48.8 Å². The van der Waals surface area contributed by atoms with E-state index < -0.39 is 0 Å². The number of nitrogens with one attached hydrogen (secondary N) is 1. The molecule has 1 heterocycles. The first kappa shape index (κ1) is 12.6. The molecule has 3 nitrogen and oxygen atoms in total. The van der Waals surface area contributed by atoms with Crippen LogP contribution in [0.4, 0.5) is 0 Å². The number of benzene rings is 1. The highest BCUT2D eigenvalue weighted by molar-refractivity contribution is 5.48. The van der Waals surface area contributed by atoms with E-state index in [0.29, 0.717) is 6.04 Å². The van der Waals surface area contributed by atoms with Crippen LogP contribution >= 0.6 is 0 Å². The van der Waals surface area contributed by atoms with Crippen molar-refractivity contribution < 1.29 is 0 Å². The average Bonchev–Trinajstić information content (AvgIpc) is 2.84. The first-order chi connectivity index (χ1) is 8.75. The van der Waals surface area contributed by atoms with Gasteiger partial charge in [-0.25, -0.2) is 4.68 Å². The Kier molecular flexibility index (Phi) is 4.31. The Labute approximate surface area is 108 Å². The zero-order valence-corrected chi connectivity index (χ0v) is 10.9. The number of hydrogen-bond acceptors (Lipinski definition) is 2. The fourth-order valence-corrected chi connectivity index (χ4v) is 1.64. The Morgan fingerprint density at radius 3 is 2.78 bits per heavy atom. The van der Waals surface area contributed by atoms with Crippen molar-refractivity contribution in [3.05, 3.63) is 54.4 Å². The molecule has 0 aliphatic heterocycles. The summed E-state index contributed by atoms with van der Waals surface area (Å²) in [7, 11) is 0. The molecule has 0 unspecified atom stereocenters. The third-order valence-electron chi connectivity index (χ3n) is 2.58. The van der Waals surface area contributed by atoms with Crippen molar-refractivity contribution in [3.8, 4) is 5.69 Å². The second-order valence-electron chi connectivity index (χ2n) is 4.52. The van der Waals surface area contributed by atoms with Crippen molar-refractivity contribution in [2.75, 3.05) is 6.54 Å². The van der Waals surface area contributed by atoms with Gasteiger partial charge in [0.1, 0.15) is 0 Å². The molecule has 0 spiro atoms. The summed E-state index contributed by atoms with van der Waals surface area (Å²) in [6.45, 7) is 5.16. The summed E-state index contributed by atoms with van der Waals surface area (Å²) >= 11 is 0. The summed E-state index contributed by atoms with van der Waals surface area (Å²) in [5.74, 6) is 0. The van der Waals surface area contributed by atoms with Crippen LogP contribution in [-0.2, 0) is 0 Å². The molecule has 0 radical (unpaired) electrons. The van der Waals surface area contributed by atoms with Gasteiger partial charge in [-0.3, -0.25) is 0 Å². The third kappa shape index (κ3) is 3.57. The maximum atomic E-state index is 4.35. The highest BCUT2D eigenvalue weighted by Gasteiger charge is 1.97. The lowest BCUT2D eigenvalue weighted by Crippen LogP contribution is -2.22. The number of hydrogen-bond donors (Lipinski definition) is 1. The van der Waals surface area contributed by atoms with Gasteiger partial charge in [-0.1, -0.05) is 44.2 Å². The van der Waals surface area contributed by atoms with Gasteiger partial charge >= 0.3 is 0 Å². The molecule has 0 aliphatic rings. The Bertz CT molecular complexity index is 497. The molecule has 0 saturated carbocycles.